The van der Waals surface area contributed by atoms with Crippen molar-refractivity contribution in [1.29, 1.82) is 0 Å². The molecule has 8 heteroatoms. The van der Waals surface area contributed by atoms with Gasteiger partial charge in [-0.2, -0.15) is 10.1 Å². The summed E-state index contributed by atoms with van der Waals surface area (Å²) in [5, 5.41) is 11.6. The van der Waals surface area contributed by atoms with Crippen molar-refractivity contribution < 1.29 is 9.53 Å². The summed E-state index contributed by atoms with van der Waals surface area (Å²) in [6.45, 7) is 4.17. The molecule has 0 saturated heterocycles. The van der Waals surface area contributed by atoms with Crippen LogP contribution in [-0.4, -0.2) is 36.4 Å². The molecule has 0 bridgehead atoms. The minimum atomic E-state index is -0.553. The molecule has 1 atom stereocenters. The molecule has 4 heterocycles. The van der Waals surface area contributed by atoms with Gasteiger partial charge in [0.25, 0.3) is 5.91 Å². The first-order chi connectivity index (χ1) is 14.6. The largest absolute Gasteiger partial charge is 0.480 e. The lowest BCUT2D eigenvalue weighted by atomic mass is 10.0. The third-order valence-electron chi connectivity index (χ3n) is 5.23. The van der Waals surface area contributed by atoms with E-state index in [1.54, 1.807) is 10.7 Å². The molecule has 0 aliphatic carbocycles. The maximum Gasteiger partial charge on any atom is 0.267 e. The zero-order valence-corrected chi connectivity index (χ0v) is 16.8. The van der Waals surface area contributed by atoms with E-state index in [1.807, 2.05) is 53.3 Å². The van der Waals surface area contributed by atoms with Gasteiger partial charge in [-0.05, 0) is 56.5 Å². The van der Waals surface area contributed by atoms with Gasteiger partial charge < -0.3 is 4.74 Å². The van der Waals surface area contributed by atoms with Crippen LogP contribution in [0.15, 0.2) is 54.9 Å². The SMILES string of the molecule is CC(C)n1nccc1-c1ccc2nc(NC(=O)[C@H]3CCc4ccccc4O3)nn2c1. The van der Waals surface area contributed by atoms with Gasteiger partial charge in [-0.1, -0.05) is 18.2 Å². The number of carbonyl (C=O) groups excluding carboxylic acids is 1. The smallest absolute Gasteiger partial charge is 0.267 e. The predicted molar refractivity (Wildman–Crippen MR) is 112 cm³/mol. The molecule has 1 N–H and O–H groups in total. The third-order valence-corrected chi connectivity index (χ3v) is 5.23. The lowest BCUT2D eigenvalue weighted by Crippen LogP contribution is -2.36. The topological polar surface area (TPSA) is 86.3 Å². The Morgan fingerprint density at radius 3 is 2.93 bits per heavy atom. The lowest BCUT2D eigenvalue weighted by Gasteiger charge is -2.24. The fourth-order valence-corrected chi connectivity index (χ4v) is 3.74. The van der Waals surface area contributed by atoms with E-state index in [2.05, 4.69) is 34.3 Å². The van der Waals surface area contributed by atoms with Crippen LogP contribution in [0.25, 0.3) is 16.9 Å². The van der Waals surface area contributed by atoms with Crippen LogP contribution in [0.5, 0.6) is 5.75 Å². The van der Waals surface area contributed by atoms with Crippen molar-refractivity contribution in [3.63, 3.8) is 0 Å². The van der Waals surface area contributed by atoms with Crippen molar-refractivity contribution in [2.75, 3.05) is 5.32 Å². The maximum absolute atomic E-state index is 12.7. The molecule has 1 aromatic carbocycles. The summed E-state index contributed by atoms with van der Waals surface area (Å²) in [6.07, 6.45) is 4.55. The van der Waals surface area contributed by atoms with Gasteiger partial charge in [-0.3, -0.25) is 14.8 Å². The Kier molecular flexibility index (Phi) is 4.46. The van der Waals surface area contributed by atoms with Gasteiger partial charge in [0.1, 0.15) is 5.75 Å². The predicted octanol–water partition coefficient (Wildman–Crippen LogP) is 3.51. The summed E-state index contributed by atoms with van der Waals surface area (Å²) >= 11 is 0. The molecule has 0 fully saturated rings. The number of nitrogens with zero attached hydrogens (tertiary/aromatic N) is 5. The van der Waals surface area contributed by atoms with Crippen LogP contribution in [-0.2, 0) is 11.2 Å². The number of carbonyl (C=O) groups is 1. The van der Waals surface area contributed by atoms with Crippen LogP contribution in [0.3, 0.4) is 0 Å². The molecule has 0 spiro atoms. The van der Waals surface area contributed by atoms with E-state index in [4.69, 9.17) is 4.74 Å². The Bertz CT molecular complexity index is 1230. The number of hydrogen-bond acceptors (Lipinski definition) is 5. The van der Waals surface area contributed by atoms with E-state index in [0.29, 0.717) is 12.1 Å². The van der Waals surface area contributed by atoms with Crippen LogP contribution in [0.4, 0.5) is 5.95 Å². The zero-order valence-electron chi connectivity index (χ0n) is 16.8. The molecule has 0 radical (unpaired) electrons. The number of para-hydroxylation sites is 1. The van der Waals surface area contributed by atoms with Gasteiger partial charge in [0.05, 0.1) is 5.69 Å². The zero-order chi connectivity index (χ0) is 20.7. The van der Waals surface area contributed by atoms with E-state index in [-0.39, 0.29) is 17.9 Å². The molecule has 1 aliphatic rings. The summed E-state index contributed by atoms with van der Waals surface area (Å²) in [5.74, 6) is 0.786. The molecule has 1 amide bonds. The van der Waals surface area contributed by atoms with Crippen LogP contribution >= 0.6 is 0 Å². The number of hydrogen-bond donors (Lipinski definition) is 1. The number of ether oxygens (including phenoxy) is 1. The maximum atomic E-state index is 12.7. The summed E-state index contributed by atoms with van der Waals surface area (Å²) in [5.41, 5.74) is 3.76. The fourth-order valence-electron chi connectivity index (χ4n) is 3.74. The minimum Gasteiger partial charge on any atom is -0.480 e. The summed E-state index contributed by atoms with van der Waals surface area (Å²) in [7, 11) is 0. The number of rotatable bonds is 4. The molecule has 4 aromatic rings. The quantitative estimate of drug-likeness (QED) is 0.565. The van der Waals surface area contributed by atoms with Gasteiger partial charge in [-0.15, -0.1) is 5.10 Å². The second kappa shape index (κ2) is 7.29. The summed E-state index contributed by atoms with van der Waals surface area (Å²) in [4.78, 5) is 17.1. The first-order valence-electron chi connectivity index (χ1n) is 10.0. The van der Waals surface area contributed by atoms with Crippen LogP contribution in [0.1, 0.15) is 31.9 Å². The van der Waals surface area contributed by atoms with E-state index < -0.39 is 6.10 Å². The lowest BCUT2D eigenvalue weighted by molar-refractivity contribution is -0.123. The van der Waals surface area contributed by atoms with Crippen molar-refractivity contribution in [1.82, 2.24) is 24.4 Å². The van der Waals surface area contributed by atoms with Gasteiger partial charge in [0.2, 0.25) is 5.95 Å². The summed E-state index contributed by atoms with van der Waals surface area (Å²) in [6, 6.07) is 13.9. The number of aryl methyl sites for hydroxylation is 1. The summed E-state index contributed by atoms with van der Waals surface area (Å²) < 4.78 is 9.48. The molecule has 0 saturated carbocycles. The second-order valence-corrected chi connectivity index (χ2v) is 7.65. The molecular formula is C22H22N6O2. The van der Waals surface area contributed by atoms with E-state index in [9.17, 15) is 4.79 Å². The number of aromatic nitrogens is 5. The van der Waals surface area contributed by atoms with E-state index in [0.717, 1.165) is 29.0 Å². The molecular weight excluding hydrogens is 380 g/mol. The second-order valence-electron chi connectivity index (χ2n) is 7.65. The fraction of sp³-hybridized carbons (Fsp3) is 0.273. The van der Waals surface area contributed by atoms with Gasteiger partial charge in [0.15, 0.2) is 11.8 Å². The molecule has 152 valence electrons. The first-order valence-corrected chi connectivity index (χ1v) is 10.0. The molecule has 5 rings (SSSR count). The number of nitrogens with one attached hydrogen (secondary N) is 1. The Balaban J connectivity index is 1.36. The number of pyridine rings is 1. The number of fused-ring (bicyclic) bond motifs is 2. The van der Waals surface area contributed by atoms with Crippen molar-refractivity contribution in [3.8, 4) is 17.0 Å². The number of anilines is 1. The highest BCUT2D eigenvalue weighted by molar-refractivity contribution is 5.93. The Hall–Kier alpha value is -3.68. The van der Waals surface area contributed by atoms with Crippen LogP contribution in [0.2, 0.25) is 0 Å². The normalized spacial score (nSPS) is 15.8. The third kappa shape index (κ3) is 3.30. The van der Waals surface area contributed by atoms with Gasteiger partial charge in [-0.25, -0.2) is 4.52 Å². The molecule has 1 aliphatic heterocycles. The number of amides is 1. The van der Waals surface area contributed by atoms with Crippen molar-refractivity contribution in [2.24, 2.45) is 0 Å². The van der Waals surface area contributed by atoms with E-state index in [1.165, 1.54) is 0 Å². The highest BCUT2D eigenvalue weighted by Gasteiger charge is 2.26. The Morgan fingerprint density at radius 1 is 1.20 bits per heavy atom. The highest BCUT2D eigenvalue weighted by atomic mass is 16.5. The highest BCUT2D eigenvalue weighted by Crippen LogP contribution is 2.27. The molecule has 0 unspecified atom stereocenters. The van der Waals surface area contributed by atoms with Crippen LogP contribution in [0, 0.1) is 0 Å². The Labute approximate surface area is 173 Å². The van der Waals surface area contributed by atoms with Crippen LogP contribution < -0.4 is 10.1 Å². The standard InChI is InChI=1S/C22H22N6O2/c1-14(2)28-17(11-12-23-28)16-8-10-20-24-22(26-27(20)13-16)25-21(29)19-9-7-15-5-3-4-6-18(15)30-19/h3-6,8,10-14,19H,7,9H2,1-2H3,(H,25,26,29)/t19-/m1/s1. The first kappa shape index (κ1) is 18.4. The molecule has 30 heavy (non-hydrogen) atoms. The van der Waals surface area contributed by atoms with Crippen molar-refractivity contribution in [2.45, 2.75) is 38.8 Å². The van der Waals surface area contributed by atoms with E-state index >= 15 is 0 Å². The monoisotopic (exact) mass is 402 g/mol. The van der Waals surface area contributed by atoms with Crippen molar-refractivity contribution in [3.05, 3.63) is 60.4 Å². The molecule has 8 nitrogen and oxygen atoms in total. The average molecular weight is 402 g/mol. The van der Waals surface area contributed by atoms with Gasteiger partial charge in [0, 0.05) is 24.0 Å². The van der Waals surface area contributed by atoms with Crippen molar-refractivity contribution >= 4 is 17.5 Å². The minimum absolute atomic E-state index is 0.237. The number of benzene rings is 1. The average Bonchev–Trinajstić information content (AvgIpc) is 3.39. The Morgan fingerprint density at radius 2 is 2.07 bits per heavy atom. The van der Waals surface area contributed by atoms with Gasteiger partial charge >= 0.3 is 0 Å². The molecule has 3 aromatic heterocycles.